The van der Waals surface area contributed by atoms with Crippen LogP contribution >= 0.6 is 0 Å². The maximum absolute atomic E-state index is 10.7. The van der Waals surface area contributed by atoms with Crippen LogP contribution in [0.25, 0.3) is 0 Å². The van der Waals surface area contributed by atoms with Crippen molar-refractivity contribution >= 4 is 6.03 Å². The zero-order valence-corrected chi connectivity index (χ0v) is 7.61. The molecular weight excluding hydrogens is 170 g/mol. The summed E-state index contributed by atoms with van der Waals surface area (Å²) in [6, 6.07) is -0.749. The van der Waals surface area contributed by atoms with Crippen molar-refractivity contribution in [2.45, 2.75) is 32.1 Å². The van der Waals surface area contributed by atoms with Gasteiger partial charge in [0.1, 0.15) is 0 Å². The minimum absolute atomic E-state index is 0.388. The Morgan fingerprint density at radius 3 is 2.46 bits per heavy atom. The molecule has 1 fully saturated rings. The van der Waals surface area contributed by atoms with Gasteiger partial charge in [-0.05, 0) is 18.8 Å². The number of nitroso groups, excluding NO2 is 1. The van der Waals surface area contributed by atoms with Gasteiger partial charge in [0.15, 0.2) is 0 Å². The highest BCUT2D eigenvalue weighted by atomic mass is 16.3. The second-order valence-electron chi connectivity index (χ2n) is 3.51. The average molecular weight is 185 g/mol. The molecule has 0 atom stereocenters. The molecule has 1 rings (SSSR count). The first-order valence-corrected chi connectivity index (χ1v) is 4.64. The predicted molar refractivity (Wildman–Crippen MR) is 48.7 cm³/mol. The number of urea groups is 1. The molecule has 1 aliphatic rings. The number of nitrogens with zero attached hydrogens (tertiary/aromatic N) is 2. The zero-order valence-electron chi connectivity index (χ0n) is 7.61. The van der Waals surface area contributed by atoms with Gasteiger partial charge >= 0.3 is 6.03 Å². The molecule has 2 N–H and O–H groups in total. The van der Waals surface area contributed by atoms with Crippen molar-refractivity contribution in [3.8, 4) is 0 Å². The molecule has 0 heterocycles. The Morgan fingerprint density at radius 1 is 1.38 bits per heavy atom. The predicted octanol–water partition coefficient (Wildman–Crippen LogP) is 1.63. The number of hydrogen-bond donors (Lipinski definition) is 1. The van der Waals surface area contributed by atoms with Gasteiger partial charge in [0.25, 0.3) is 0 Å². The van der Waals surface area contributed by atoms with Crippen molar-refractivity contribution in [1.29, 1.82) is 0 Å². The lowest BCUT2D eigenvalue weighted by Gasteiger charge is -2.23. The summed E-state index contributed by atoms with van der Waals surface area (Å²) in [5, 5.41) is 3.41. The van der Waals surface area contributed by atoms with Crippen LogP contribution in [0.2, 0.25) is 0 Å². The van der Waals surface area contributed by atoms with E-state index in [4.69, 9.17) is 5.73 Å². The molecule has 0 radical (unpaired) electrons. The highest BCUT2D eigenvalue weighted by Crippen LogP contribution is 2.24. The minimum Gasteiger partial charge on any atom is -0.350 e. The van der Waals surface area contributed by atoms with Crippen LogP contribution in [-0.4, -0.2) is 17.6 Å². The van der Waals surface area contributed by atoms with E-state index in [0.29, 0.717) is 12.5 Å². The molecular formula is C8H15N3O2. The van der Waals surface area contributed by atoms with Crippen LogP contribution in [0.15, 0.2) is 5.29 Å². The van der Waals surface area contributed by atoms with E-state index in [1.165, 1.54) is 19.3 Å². The second kappa shape index (κ2) is 4.79. The van der Waals surface area contributed by atoms with Crippen molar-refractivity contribution in [3.05, 3.63) is 4.91 Å². The Balaban J connectivity index is 2.35. The Morgan fingerprint density at radius 2 is 2.00 bits per heavy atom. The van der Waals surface area contributed by atoms with Gasteiger partial charge in [0, 0.05) is 0 Å². The highest BCUT2D eigenvalue weighted by Gasteiger charge is 2.19. The molecule has 5 heteroatoms. The second-order valence-corrected chi connectivity index (χ2v) is 3.51. The fourth-order valence-electron chi connectivity index (χ4n) is 1.78. The van der Waals surface area contributed by atoms with Crippen LogP contribution in [0.4, 0.5) is 4.79 Å². The summed E-state index contributed by atoms with van der Waals surface area (Å²) in [7, 11) is 0. The van der Waals surface area contributed by atoms with Crippen molar-refractivity contribution in [1.82, 2.24) is 5.01 Å². The lowest BCUT2D eigenvalue weighted by molar-refractivity contribution is 0.188. The average Bonchev–Trinajstić information content (AvgIpc) is 2.15. The number of amides is 2. The number of primary amides is 1. The van der Waals surface area contributed by atoms with Gasteiger partial charge in [0.2, 0.25) is 0 Å². The quantitative estimate of drug-likeness (QED) is 0.536. The SMILES string of the molecule is NC(=O)N(CC1CCCCC1)N=O. The third-order valence-electron chi connectivity index (χ3n) is 2.51. The molecule has 0 aromatic heterocycles. The largest absolute Gasteiger partial charge is 0.350 e. The first-order valence-electron chi connectivity index (χ1n) is 4.64. The third-order valence-corrected chi connectivity index (χ3v) is 2.51. The Hall–Kier alpha value is -1.13. The Kier molecular flexibility index (Phi) is 3.67. The van der Waals surface area contributed by atoms with Crippen LogP contribution in [-0.2, 0) is 0 Å². The lowest BCUT2D eigenvalue weighted by Crippen LogP contribution is -2.35. The van der Waals surface area contributed by atoms with E-state index in [2.05, 4.69) is 5.29 Å². The molecule has 0 aromatic rings. The number of hydrogen-bond acceptors (Lipinski definition) is 3. The third kappa shape index (κ3) is 3.01. The Bertz CT molecular complexity index is 190. The van der Waals surface area contributed by atoms with E-state index in [0.717, 1.165) is 17.9 Å². The van der Waals surface area contributed by atoms with Gasteiger partial charge in [-0.15, -0.1) is 4.91 Å². The molecule has 0 bridgehead atoms. The number of carbonyl (C=O) groups excluding carboxylic acids is 1. The van der Waals surface area contributed by atoms with E-state index in [9.17, 15) is 9.70 Å². The molecule has 74 valence electrons. The van der Waals surface area contributed by atoms with Crippen molar-refractivity contribution in [3.63, 3.8) is 0 Å². The molecule has 13 heavy (non-hydrogen) atoms. The maximum atomic E-state index is 10.7. The summed E-state index contributed by atoms with van der Waals surface area (Å²) < 4.78 is 0. The lowest BCUT2D eigenvalue weighted by atomic mass is 9.89. The summed E-state index contributed by atoms with van der Waals surface area (Å²) in [4.78, 5) is 20.9. The van der Waals surface area contributed by atoms with Gasteiger partial charge in [-0.1, -0.05) is 19.3 Å². The number of rotatable bonds is 3. The first-order chi connectivity index (χ1) is 6.24. The maximum Gasteiger partial charge on any atom is 0.337 e. The molecule has 2 amide bonds. The van der Waals surface area contributed by atoms with Crippen LogP contribution in [0.3, 0.4) is 0 Å². The molecule has 0 aromatic carbocycles. The molecule has 0 aliphatic heterocycles. The fourth-order valence-corrected chi connectivity index (χ4v) is 1.78. The summed E-state index contributed by atoms with van der Waals surface area (Å²) in [6.45, 7) is 0.388. The topological polar surface area (TPSA) is 75.8 Å². The standard InChI is InChI=1S/C8H15N3O2/c9-8(12)11(10-13)6-7-4-2-1-3-5-7/h7H,1-6H2,(H2,9,12). The van der Waals surface area contributed by atoms with Crippen molar-refractivity contribution in [2.75, 3.05) is 6.54 Å². The number of carbonyl (C=O) groups is 1. The van der Waals surface area contributed by atoms with Gasteiger partial charge in [0.05, 0.1) is 11.8 Å². The summed E-state index contributed by atoms with van der Waals surface area (Å²) in [5.74, 6) is 0.402. The molecule has 5 nitrogen and oxygen atoms in total. The summed E-state index contributed by atoms with van der Waals surface area (Å²) >= 11 is 0. The van der Waals surface area contributed by atoms with E-state index in [1.54, 1.807) is 0 Å². The monoisotopic (exact) mass is 185 g/mol. The van der Waals surface area contributed by atoms with Crippen molar-refractivity contribution in [2.24, 2.45) is 16.9 Å². The van der Waals surface area contributed by atoms with Gasteiger partial charge < -0.3 is 5.73 Å². The number of nitrogens with two attached hydrogens (primary N) is 1. The fraction of sp³-hybridized carbons (Fsp3) is 0.875. The highest BCUT2D eigenvalue weighted by molar-refractivity contribution is 5.71. The van der Waals surface area contributed by atoms with Crippen LogP contribution in [0.5, 0.6) is 0 Å². The van der Waals surface area contributed by atoms with E-state index >= 15 is 0 Å². The smallest absolute Gasteiger partial charge is 0.337 e. The van der Waals surface area contributed by atoms with Gasteiger partial charge in [-0.3, -0.25) is 0 Å². The molecule has 1 aliphatic carbocycles. The summed E-state index contributed by atoms with van der Waals surface area (Å²) in [5.41, 5.74) is 4.96. The molecule has 0 unspecified atom stereocenters. The van der Waals surface area contributed by atoms with Crippen LogP contribution < -0.4 is 5.73 Å². The normalized spacial score (nSPS) is 18.2. The van der Waals surface area contributed by atoms with Gasteiger partial charge in [-0.2, -0.15) is 5.01 Å². The van der Waals surface area contributed by atoms with Crippen molar-refractivity contribution < 1.29 is 4.79 Å². The van der Waals surface area contributed by atoms with E-state index in [-0.39, 0.29) is 0 Å². The van der Waals surface area contributed by atoms with Crippen LogP contribution in [0.1, 0.15) is 32.1 Å². The van der Waals surface area contributed by atoms with Gasteiger partial charge in [-0.25, -0.2) is 4.79 Å². The summed E-state index contributed by atoms with van der Waals surface area (Å²) in [6.07, 6.45) is 5.74. The molecule has 0 saturated heterocycles. The minimum atomic E-state index is -0.749. The van der Waals surface area contributed by atoms with E-state index in [1.807, 2.05) is 0 Å². The van der Waals surface area contributed by atoms with E-state index < -0.39 is 6.03 Å². The molecule has 1 saturated carbocycles. The molecule has 0 spiro atoms. The Labute approximate surface area is 77.2 Å². The van der Waals surface area contributed by atoms with Crippen LogP contribution in [0, 0.1) is 10.8 Å². The first kappa shape index (κ1) is 9.95. The zero-order chi connectivity index (χ0) is 9.68.